The first-order chi connectivity index (χ1) is 18.2. The molecule has 3 amide bonds. The van der Waals surface area contributed by atoms with Gasteiger partial charge in [-0.15, -0.1) is 0 Å². The third-order valence-electron chi connectivity index (χ3n) is 5.11. The number of methoxy groups -OCH3 is 1. The van der Waals surface area contributed by atoms with Gasteiger partial charge in [-0.2, -0.15) is 5.10 Å². The quantitative estimate of drug-likeness (QED) is 0.169. The van der Waals surface area contributed by atoms with Crippen LogP contribution in [0.15, 0.2) is 65.8 Å². The van der Waals surface area contributed by atoms with E-state index in [0.29, 0.717) is 39.6 Å². The Bertz CT molecular complexity index is 1390. The molecule has 0 aliphatic rings. The van der Waals surface area contributed by atoms with Gasteiger partial charge in [0, 0.05) is 35.5 Å². The zero-order valence-corrected chi connectivity index (χ0v) is 20.8. The molecule has 0 saturated carbocycles. The summed E-state index contributed by atoms with van der Waals surface area (Å²) in [6.07, 6.45) is 1.35. The predicted molar refractivity (Wildman–Crippen MR) is 140 cm³/mol. The van der Waals surface area contributed by atoms with E-state index in [2.05, 4.69) is 21.2 Å². The number of amides is 3. The fraction of sp³-hybridized carbons (Fsp3) is 0.154. The zero-order chi connectivity index (χ0) is 27.7. The minimum absolute atomic E-state index is 0.00346. The van der Waals surface area contributed by atoms with Crippen LogP contribution in [0, 0.1) is 17.0 Å². The van der Waals surface area contributed by atoms with Crippen molar-refractivity contribution in [3.63, 3.8) is 0 Å². The SMILES string of the molecule is COc1ccc(/C=N/NC(=O)C(=O)Nc2ccc(NC(C)=O)cc2)cc1COc1ccc([N+](=O)[O-])c(C)c1. The monoisotopic (exact) mass is 519 g/mol. The second-order valence-electron chi connectivity index (χ2n) is 7.98. The molecule has 3 aromatic rings. The number of carbonyl (C=O) groups excluding carboxylic acids is 3. The van der Waals surface area contributed by atoms with Gasteiger partial charge in [-0.1, -0.05) is 0 Å². The van der Waals surface area contributed by atoms with Crippen LogP contribution in [-0.2, 0) is 21.0 Å². The average Bonchev–Trinajstić information content (AvgIpc) is 2.88. The third kappa shape index (κ3) is 7.62. The van der Waals surface area contributed by atoms with E-state index >= 15 is 0 Å². The molecule has 0 aliphatic carbocycles. The number of aryl methyl sites for hydroxylation is 1. The van der Waals surface area contributed by atoms with Crippen molar-refractivity contribution in [3.05, 3.63) is 87.5 Å². The second kappa shape index (κ2) is 12.6. The molecule has 12 nitrogen and oxygen atoms in total. The van der Waals surface area contributed by atoms with E-state index in [1.54, 1.807) is 55.5 Å². The summed E-state index contributed by atoms with van der Waals surface area (Å²) in [5.74, 6) is -1.12. The fourth-order valence-electron chi connectivity index (χ4n) is 3.32. The van der Waals surface area contributed by atoms with Crippen LogP contribution >= 0.6 is 0 Å². The number of rotatable bonds is 9. The Kier molecular flexibility index (Phi) is 9.08. The Morgan fingerprint density at radius 2 is 1.66 bits per heavy atom. The highest BCUT2D eigenvalue weighted by Gasteiger charge is 2.14. The van der Waals surface area contributed by atoms with Crippen molar-refractivity contribution in [3.8, 4) is 11.5 Å². The van der Waals surface area contributed by atoms with E-state index in [4.69, 9.17) is 9.47 Å². The summed E-state index contributed by atoms with van der Waals surface area (Å²) in [4.78, 5) is 45.8. The molecular weight excluding hydrogens is 494 g/mol. The third-order valence-corrected chi connectivity index (χ3v) is 5.11. The molecule has 0 atom stereocenters. The van der Waals surface area contributed by atoms with Crippen molar-refractivity contribution in [2.45, 2.75) is 20.5 Å². The van der Waals surface area contributed by atoms with Crippen molar-refractivity contribution in [2.24, 2.45) is 5.10 Å². The van der Waals surface area contributed by atoms with Gasteiger partial charge < -0.3 is 20.1 Å². The van der Waals surface area contributed by atoms with Crippen molar-refractivity contribution >= 4 is 41.0 Å². The Labute approximate surface area is 217 Å². The van der Waals surface area contributed by atoms with Gasteiger partial charge >= 0.3 is 11.8 Å². The number of hydrogen-bond donors (Lipinski definition) is 3. The van der Waals surface area contributed by atoms with Gasteiger partial charge in [-0.05, 0) is 67.1 Å². The molecule has 196 valence electrons. The van der Waals surface area contributed by atoms with Crippen molar-refractivity contribution in [2.75, 3.05) is 17.7 Å². The number of anilines is 2. The maximum Gasteiger partial charge on any atom is 0.329 e. The first-order valence-electron chi connectivity index (χ1n) is 11.2. The molecular formula is C26H25N5O7. The number of nitro benzene ring substituents is 1. The molecule has 0 saturated heterocycles. The summed E-state index contributed by atoms with van der Waals surface area (Å²) in [6.45, 7) is 3.11. The van der Waals surface area contributed by atoms with Crippen LogP contribution in [0.1, 0.15) is 23.6 Å². The summed E-state index contributed by atoms with van der Waals surface area (Å²) < 4.78 is 11.1. The highest BCUT2D eigenvalue weighted by atomic mass is 16.6. The van der Waals surface area contributed by atoms with Crippen molar-refractivity contribution in [1.29, 1.82) is 0 Å². The molecule has 0 heterocycles. The maximum atomic E-state index is 12.1. The standard InChI is InChI=1S/C26H25N5O7/c1-16-12-22(9-10-23(16)31(35)36)38-15-19-13-18(4-11-24(19)37-3)14-27-30-26(34)25(33)29-21-7-5-20(6-8-21)28-17(2)32/h4-14H,15H2,1-3H3,(H,28,32)(H,29,33)(H,30,34)/b27-14+. The van der Waals surface area contributed by atoms with E-state index in [1.165, 1.54) is 32.4 Å². The van der Waals surface area contributed by atoms with Crippen LogP contribution in [0.25, 0.3) is 0 Å². The van der Waals surface area contributed by atoms with E-state index in [9.17, 15) is 24.5 Å². The molecule has 0 radical (unpaired) electrons. The molecule has 0 unspecified atom stereocenters. The molecule has 0 aliphatic heterocycles. The van der Waals surface area contributed by atoms with Crippen LogP contribution in [0.5, 0.6) is 11.5 Å². The van der Waals surface area contributed by atoms with Gasteiger partial charge in [0.1, 0.15) is 18.1 Å². The molecule has 3 aromatic carbocycles. The minimum Gasteiger partial charge on any atom is -0.496 e. The Morgan fingerprint density at radius 1 is 0.974 bits per heavy atom. The van der Waals surface area contributed by atoms with Crippen LogP contribution in [0.2, 0.25) is 0 Å². The summed E-state index contributed by atoms with van der Waals surface area (Å²) in [6, 6.07) is 15.8. The number of ether oxygens (including phenoxy) is 2. The molecule has 12 heteroatoms. The Hall–Kier alpha value is -5.26. The van der Waals surface area contributed by atoms with Crippen LogP contribution in [0.3, 0.4) is 0 Å². The molecule has 0 fully saturated rings. The Balaban J connectivity index is 1.58. The molecule has 3 rings (SSSR count). The molecule has 0 aromatic heterocycles. The Morgan fingerprint density at radius 3 is 2.26 bits per heavy atom. The first kappa shape index (κ1) is 27.3. The molecule has 38 heavy (non-hydrogen) atoms. The molecule has 3 N–H and O–H groups in total. The largest absolute Gasteiger partial charge is 0.496 e. The van der Waals surface area contributed by atoms with E-state index in [-0.39, 0.29) is 18.2 Å². The summed E-state index contributed by atoms with van der Waals surface area (Å²) >= 11 is 0. The summed E-state index contributed by atoms with van der Waals surface area (Å²) in [5.41, 5.74) is 4.82. The van der Waals surface area contributed by atoms with Crippen LogP contribution < -0.4 is 25.5 Å². The zero-order valence-electron chi connectivity index (χ0n) is 20.8. The lowest BCUT2D eigenvalue weighted by Gasteiger charge is -2.11. The second-order valence-corrected chi connectivity index (χ2v) is 7.98. The topological polar surface area (TPSA) is 161 Å². The minimum atomic E-state index is -0.974. The summed E-state index contributed by atoms with van der Waals surface area (Å²) in [7, 11) is 1.51. The average molecular weight is 520 g/mol. The fourth-order valence-corrected chi connectivity index (χ4v) is 3.32. The normalized spacial score (nSPS) is 10.5. The van der Waals surface area contributed by atoms with E-state index in [0.717, 1.165) is 0 Å². The maximum absolute atomic E-state index is 12.1. The van der Waals surface area contributed by atoms with Gasteiger partial charge in [0.05, 0.1) is 18.2 Å². The molecule has 0 bridgehead atoms. The highest BCUT2D eigenvalue weighted by molar-refractivity contribution is 6.39. The number of hydrogen-bond acceptors (Lipinski definition) is 8. The lowest BCUT2D eigenvalue weighted by atomic mass is 10.1. The van der Waals surface area contributed by atoms with Crippen LogP contribution in [-0.4, -0.2) is 36.0 Å². The van der Waals surface area contributed by atoms with Gasteiger partial charge in [-0.25, -0.2) is 5.43 Å². The van der Waals surface area contributed by atoms with Gasteiger partial charge in [0.25, 0.3) is 5.69 Å². The van der Waals surface area contributed by atoms with Crippen molar-refractivity contribution < 1.29 is 28.8 Å². The highest BCUT2D eigenvalue weighted by Crippen LogP contribution is 2.26. The van der Waals surface area contributed by atoms with E-state index in [1.807, 2.05) is 0 Å². The van der Waals surface area contributed by atoms with E-state index < -0.39 is 16.7 Å². The first-order valence-corrected chi connectivity index (χ1v) is 11.2. The number of benzene rings is 3. The number of nitrogens with zero attached hydrogens (tertiary/aromatic N) is 2. The van der Waals surface area contributed by atoms with Gasteiger partial charge in [-0.3, -0.25) is 24.5 Å². The summed E-state index contributed by atoms with van der Waals surface area (Å²) in [5, 5.41) is 19.9. The van der Waals surface area contributed by atoms with Crippen molar-refractivity contribution in [1.82, 2.24) is 5.43 Å². The number of nitro groups is 1. The van der Waals surface area contributed by atoms with Crippen LogP contribution in [0.4, 0.5) is 17.1 Å². The molecule has 0 spiro atoms. The number of hydrazone groups is 1. The van der Waals surface area contributed by atoms with Gasteiger partial charge in [0.2, 0.25) is 5.91 Å². The number of carbonyl (C=O) groups is 3. The predicted octanol–water partition coefficient (Wildman–Crippen LogP) is 3.54. The lowest BCUT2D eigenvalue weighted by molar-refractivity contribution is -0.385. The lowest BCUT2D eigenvalue weighted by Crippen LogP contribution is -2.32. The number of nitrogens with one attached hydrogen (secondary N) is 3. The smallest absolute Gasteiger partial charge is 0.329 e. The van der Waals surface area contributed by atoms with Gasteiger partial charge in [0.15, 0.2) is 0 Å².